The first-order valence-electron chi connectivity index (χ1n) is 17.1. The number of anilines is 6. The van der Waals surface area contributed by atoms with E-state index in [9.17, 15) is 49.7 Å². The summed E-state index contributed by atoms with van der Waals surface area (Å²) in [6.45, 7) is 8.75. The quantitative estimate of drug-likeness (QED) is 0.0399. The molecule has 57 heavy (non-hydrogen) atoms. The molecule has 0 aliphatic heterocycles. The van der Waals surface area contributed by atoms with Gasteiger partial charge in [-0.1, -0.05) is 13.3 Å². The van der Waals surface area contributed by atoms with Gasteiger partial charge in [0.1, 0.15) is 23.3 Å². The molecule has 2 aromatic heterocycles. The molecule has 0 aliphatic carbocycles. The third kappa shape index (κ3) is 15.3. The van der Waals surface area contributed by atoms with Crippen molar-refractivity contribution >= 4 is 54.0 Å². The SMILES string of the molecule is CB(O)N(C)CCNc1cc(C)nc(NC(=O)Nc2ccc(F)c(C(F)(F)F)c2)n1.CCCCNc1cc(C)nc(NC(=O)Nc2ccc(F)c(C(F)(F)F)c2)n1. The largest absolute Gasteiger partial charge is 0.437 e. The Labute approximate surface area is 322 Å². The lowest BCUT2D eigenvalue weighted by Crippen LogP contribution is -2.36. The lowest BCUT2D eigenvalue weighted by molar-refractivity contribution is -0.140. The van der Waals surface area contributed by atoms with Crippen molar-refractivity contribution in [2.75, 3.05) is 58.6 Å². The van der Waals surface area contributed by atoms with Gasteiger partial charge in [-0.2, -0.15) is 36.3 Å². The molecule has 0 atom stereocenters. The number of likely N-dealkylation sites (N-methyl/N-ethyl adjacent to an activating group) is 1. The van der Waals surface area contributed by atoms with Crippen molar-refractivity contribution in [1.29, 1.82) is 0 Å². The van der Waals surface area contributed by atoms with Gasteiger partial charge in [0.15, 0.2) is 0 Å². The highest BCUT2D eigenvalue weighted by Gasteiger charge is 2.35. The first-order valence-corrected chi connectivity index (χ1v) is 17.1. The summed E-state index contributed by atoms with van der Waals surface area (Å²) in [5.74, 6) is -2.00. The molecule has 0 aliphatic rings. The van der Waals surface area contributed by atoms with Gasteiger partial charge in [0, 0.05) is 54.5 Å². The summed E-state index contributed by atoms with van der Waals surface area (Å²) in [5.41, 5.74) is -2.27. The normalized spacial score (nSPS) is 11.3. The van der Waals surface area contributed by atoms with Crippen molar-refractivity contribution in [3.05, 3.63) is 82.7 Å². The highest BCUT2D eigenvalue weighted by Crippen LogP contribution is 2.34. The summed E-state index contributed by atoms with van der Waals surface area (Å²) in [4.78, 5) is 42.1. The van der Waals surface area contributed by atoms with E-state index in [0.717, 1.165) is 25.0 Å². The Morgan fingerprint density at radius 1 is 0.702 bits per heavy atom. The smallest absolute Gasteiger partial charge is 0.419 e. The molecule has 0 saturated carbocycles. The average molecular weight is 814 g/mol. The fraction of sp³-hybridized carbons (Fsp3) is 0.353. The summed E-state index contributed by atoms with van der Waals surface area (Å²) in [6, 6.07) is 5.91. The van der Waals surface area contributed by atoms with Crippen molar-refractivity contribution in [3.8, 4) is 0 Å². The van der Waals surface area contributed by atoms with E-state index in [0.29, 0.717) is 66.9 Å². The number of benzene rings is 2. The van der Waals surface area contributed by atoms with Crippen LogP contribution in [0.3, 0.4) is 0 Å². The molecule has 0 bridgehead atoms. The predicted molar refractivity (Wildman–Crippen MR) is 200 cm³/mol. The molecule has 2 heterocycles. The van der Waals surface area contributed by atoms with E-state index < -0.39 is 54.2 Å². The number of hydrogen-bond acceptors (Lipinski definition) is 10. The van der Waals surface area contributed by atoms with Gasteiger partial charge < -0.3 is 31.1 Å². The van der Waals surface area contributed by atoms with Gasteiger partial charge >= 0.3 is 31.5 Å². The second-order valence-corrected chi connectivity index (χ2v) is 12.3. The number of aromatic nitrogens is 4. The molecular formula is C34H40BF8N11O3. The Kier molecular flexibility index (Phi) is 16.3. The number of alkyl halides is 6. The van der Waals surface area contributed by atoms with Crippen molar-refractivity contribution in [3.63, 3.8) is 0 Å². The van der Waals surface area contributed by atoms with Crippen LogP contribution in [0, 0.1) is 25.5 Å². The minimum absolute atomic E-state index is 0.00958. The number of nitrogens with one attached hydrogen (secondary N) is 6. The molecule has 14 nitrogen and oxygen atoms in total. The van der Waals surface area contributed by atoms with Gasteiger partial charge in [-0.15, -0.1) is 0 Å². The number of hydrogen-bond donors (Lipinski definition) is 7. The highest BCUT2D eigenvalue weighted by atomic mass is 19.4. The van der Waals surface area contributed by atoms with Crippen molar-refractivity contribution < 1.29 is 49.7 Å². The van der Waals surface area contributed by atoms with Crippen LogP contribution in [0.25, 0.3) is 0 Å². The van der Waals surface area contributed by atoms with E-state index in [1.54, 1.807) is 44.7 Å². The van der Waals surface area contributed by atoms with Crippen LogP contribution in [0.1, 0.15) is 42.3 Å². The zero-order valence-electron chi connectivity index (χ0n) is 31.3. The number of rotatable bonds is 13. The molecule has 0 radical (unpaired) electrons. The number of carbonyl (C=O) groups excluding carboxylic acids is 2. The monoisotopic (exact) mass is 813 g/mol. The van der Waals surface area contributed by atoms with Crippen LogP contribution >= 0.6 is 0 Å². The third-order valence-electron chi connectivity index (χ3n) is 7.46. The molecule has 7 N–H and O–H groups in total. The summed E-state index contributed by atoms with van der Waals surface area (Å²) >= 11 is 0. The molecule has 2 aromatic carbocycles. The number of unbranched alkanes of at least 4 members (excludes halogenated alkanes) is 1. The topological polar surface area (TPSA) is 181 Å². The van der Waals surface area contributed by atoms with Crippen LogP contribution < -0.4 is 31.9 Å². The van der Waals surface area contributed by atoms with Gasteiger partial charge in [0.2, 0.25) is 11.9 Å². The van der Waals surface area contributed by atoms with Gasteiger partial charge in [-0.25, -0.2) is 28.3 Å². The fourth-order valence-corrected chi connectivity index (χ4v) is 4.54. The Morgan fingerprint density at radius 2 is 1.12 bits per heavy atom. The minimum atomic E-state index is -4.89. The lowest BCUT2D eigenvalue weighted by Gasteiger charge is -2.17. The van der Waals surface area contributed by atoms with Crippen molar-refractivity contribution in [2.24, 2.45) is 0 Å². The van der Waals surface area contributed by atoms with E-state index >= 15 is 0 Å². The number of urea groups is 2. The lowest BCUT2D eigenvalue weighted by atomic mass is 9.86. The number of aryl methyl sites for hydroxylation is 2. The zero-order valence-corrected chi connectivity index (χ0v) is 31.3. The van der Waals surface area contributed by atoms with Gasteiger partial charge in [0.05, 0.1) is 11.1 Å². The second kappa shape index (κ2) is 20.4. The van der Waals surface area contributed by atoms with Crippen LogP contribution in [0.4, 0.5) is 79.6 Å². The molecule has 0 fully saturated rings. The van der Waals surface area contributed by atoms with E-state index in [2.05, 4.69) is 51.8 Å². The van der Waals surface area contributed by atoms with Crippen LogP contribution in [-0.4, -0.2) is 75.6 Å². The molecule has 23 heteroatoms. The molecular weight excluding hydrogens is 773 g/mol. The summed E-state index contributed by atoms with van der Waals surface area (Å²) < 4.78 is 103. The van der Waals surface area contributed by atoms with E-state index in [1.165, 1.54) is 0 Å². The first-order chi connectivity index (χ1) is 26.6. The van der Waals surface area contributed by atoms with Crippen LogP contribution in [0.2, 0.25) is 6.82 Å². The molecule has 308 valence electrons. The zero-order chi connectivity index (χ0) is 42.5. The molecule has 0 spiro atoms. The predicted octanol–water partition coefficient (Wildman–Crippen LogP) is 7.84. The van der Waals surface area contributed by atoms with Gasteiger partial charge in [0.25, 0.3) is 0 Å². The second-order valence-electron chi connectivity index (χ2n) is 12.3. The van der Waals surface area contributed by atoms with Gasteiger partial charge in [-0.3, -0.25) is 10.6 Å². The van der Waals surface area contributed by atoms with Crippen molar-refractivity contribution in [1.82, 2.24) is 24.7 Å². The number of amides is 4. The maximum atomic E-state index is 13.3. The van der Waals surface area contributed by atoms with E-state index in [-0.39, 0.29) is 23.3 Å². The minimum Gasteiger partial charge on any atom is -0.437 e. The Bertz CT molecular complexity index is 1990. The highest BCUT2D eigenvalue weighted by molar-refractivity contribution is 6.45. The summed E-state index contributed by atoms with van der Waals surface area (Å²) in [7, 11) is 1.14. The van der Waals surface area contributed by atoms with E-state index in [4.69, 9.17) is 0 Å². The van der Waals surface area contributed by atoms with Crippen molar-refractivity contribution in [2.45, 2.75) is 52.8 Å². The number of nitrogens with zero attached hydrogens (tertiary/aromatic N) is 5. The fourth-order valence-electron chi connectivity index (χ4n) is 4.54. The first kappa shape index (κ1) is 45.6. The van der Waals surface area contributed by atoms with Crippen LogP contribution in [0.15, 0.2) is 48.5 Å². The van der Waals surface area contributed by atoms with Crippen LogP contribution in [-0.2, 0) is 12.4 Å². The van der Waals surface area contributed by atoms with Crippen LogP contribution in [0.5, 0.6) is 0 Å². The Hall–Kier alpha value is -5.84. The number of carbonyl (C=O) groups is 2. The van der Waals surface area contributed by atoms with Gasteiger partial charge in [-0.05, 0) is 70.5 Å². The molecule has 4 rings (SSSR count). The molecule has 0 saturated heterocycles. The summed E-state index contributed by atoms with van der Waals surface area (Å²) in [5, 5.41) is 24.6. The molecule has 0 unspecified atom stereocenters. The molecule has 4 aromatic rings. The molecule has 4 amide bonds. The Morgan fingerprint density at radius 3 is 1.51 bits per heavy atom. The maximum Gasteiger partial charge on any atom is 0.419 e. The maximum absolute atomic E-state index is 13.3. The summed E-state index contributed by atoms with van der Waals surface area (Å²) in [6.07, 6.45) is -7.81. The third-order valence-corrected chi connectivity index (χ3v) is 7.46. The standard InChI is InChI=1S/C17H21BF4N6O2.C17H19F4N5O/c1-10-8-14(23-6-7-28(3)18(2)30)26-15(24-10)27-16(29)25-11-4-5-13(19)12(9-11)17(20,21)22;1-3-4-7-22-14-8-10(2)23-15(25-14)26-16(27)24-11-5-6-13(18)12(9-11)17(19,20)21/h4-5,8-9,30H,6-7H2,1-3H3,(H3,23,24,25,26,27,29);5-6,8-9H,3-4,7H2,1-2H3,(H3,22,23,24,25,26,27). The van der Waals surface area contributed by atoms with E-state index in [1.807, 2.05) is 6.92 Å². The number of halogens is 8. The average Bonchev–Trinajstić information content (AvgIpc) is 3.08. The Balaban J connectivity index is 0.000000307.